The van der Waals surface area contributed by atoms with Crippen LogP contribution in [0.4, 0.5) is 4.39 Å². The molecule has 1 unspecified atom stereocenters. The third-order valence-electron chi connectivity index (χ3n) is 4.77. The van der Waals surface area contributed by atoms with Gasteiger partial charge in [0, 0.05) is 25.6 Å². The summed E-state index contributed by atoms with van der Waals surface area (Å²) in [5.41, 5.74) is 2.16. The van der Waals surface area contributed by atoms with E-state index in [1.807, 2.05) is 18.3 Å². The van der Waals surface area contributed by atoms with Gasteiger partial charge in [0.05, 0.1) is 24.9 Å². The molecule has 5 heteroatoms. The Bertz CT molecular complexity index is 712. The Balaban J connectivity index is 1.61. The summed E-state index contributed by atoms with van der Waals surface area (Å²) in [6, 6.07) is 11.5. The van der Waals surface area contributed by atoms with Crippen LogP contribution < -0.4 is 4.90 Å². The summed E-state index contributed by atoms with van der Waals surface area (Å²) >= 11 is 0. The molecule has 0 saturated heterocycles. The predicted octanol–water partition coefficient (Wildman–Crippen LogP) is 1.79. The minimum absolute atomic E-state index is 0.205. The Morgan fingerprint density at radius 1 is 1.35 bits per heavy atom. The highest BCUT2D eigenvalue weighted by Crippen LogP contribution is 2.16. The highest BCUT2D eigenvalue weighted by atomic mass is 19.1. The average molecular weight is 359 g/mol. The molecule has 140 valence electrons. The molecule has 0 aliphatic heterocycles. The number of rotatable bonds is 11. The van der Waals surface area contributed by atoms with Crippen LogP contribution >= 0.6 is 0 Å². The highest BCUT2D eigenvalue weighted by Gasteiger charge is 2.35. The van der Waals surface area contributed by atoms with Crippen molar-refractivity contribution in [3.05, 3.63) is 72.3 Å². The molecule has 3 rings (SSSR count). The molecule has 0 radical (unpaired) electrons. The number of aliphatic hydroxyl groups is 1. The zero-order valence-corrected chi connectivity index (χ0v) is 15.1. The molecule has 26 heavy (non-hydrogen) atoms. The monoisotopic (exact) mass is 359 g/mol. The molecule has 1 aliphatic rings. The Labute approximate surface area is 154 Å². The summed E-state index contributed by atoms with van der Waals surface area (Å²) in [5.74, 6) is -0.205. The molecule has 1 aromatic heterocycles. The van der Waals surface area contributed by atoms with Crippen LogP contribution in [0.2, 0.25) is 0 Å². The smallest absolute Gasteiger partial charge is 0.126 e. The van der Waals surface area contributed by atoms with Gasteiger partial charge in [-0.3, -0.25) is 0 Å². The molecule has 1 aliphatic carbocycles. The lowest BCUT2D eigenvalue weighted by atomic mass is 10.2. The van der Waals surface area contributed by atoms with E-state index in [-0.39, 0.29) is 5.82 Å². The van der Waals surface area contributed by atoms with E-state index >= 15 is 0 Å². The summed E-state index contributed by atoms with van der Waals surface area (Å²) in [6.45, 7) is 6.60. The number of nitrogens with zero attached hydrogens (tertiary/aromatic N) is 1. The summed E-state index contributed by atoms with van der Waals surface area (Å²) in [6.07, 6.45) is 5.67. The molecule has 0 spiro atoms. The average Bonchev–Trinajstić information content (AvgIpc) is 3.37. The van der Waals surface area contributed by atoms with Crippen molar-refractivity contribution < 1.29 is 19.1 Å². The second kappa shape index (κ2) is 9.12. The molecule has 1 fully saturated rings. The minimum Gasteiger partial charge on any atom is -0.385 e. The largest absolute Gasteiger partial charge is 0.385 e. The maximum atomic E-state index is 13.4. The second-order valence-electron chi connectivity index (χ2n) is 7.05. The van der Waals surface area contributed by atoms with Crippen molar-refractivity contribution in [2.24, 2.45) is 0 Å². The van der Waals surface area contributed by atoms with Gasteiger partial charge in [0.15, 0.2) is 0 Å². The maximum absolute atomic E-state index is 13.4. The number of benzene rings is 1. The normalized spacial score (nSPS) is 16.4. The molecule has 0 amide bonds. The topological polar surface area (TPSA) is 38.8 Å². The molecular formula is C21H28FN2O2+. The SMILES string of the molecule is C=CCOC[C@H](O)C[NH+](Cc1cccn1Cc1cccc(F)c1)C1CC1. The molecule has 0 bridgehead atoms. The van der Waals surface area contributed by atoms with Gasteiger partial charge in [0.25, 0.3) is 0 Å². The number of ether oxygens (including phenoxy) is 1. The van der Waals surface area contributed by atoms with Crippen molar-refractivity contribution in [1.29, 1.82) is 0 Å². The molecule has 2 N–H and O–H groups in total. The van der Waals surface area contributed by atoms with E-state index in [1.54, 1.807) is 18.2 Å². The first-order valence-corrected chi connectivity index (χ1v) is 9.25. The Kier molecular flexibility index (Phi) is 6.61. The Morgan fingerprint density at radius 3 is 2.92 bits per heavy atom. The second-order valence-corrected chi connectivity index (χ2v) is 7.05. The number of hydrogen-bond acceptors (Lipinski definition) is 2. The van der Waals surface area contributed by atoms with Crippen molar-refractivity contribution >= 4 is 0 Å². The van der Waals surface area contributed by atoms with Gasteiger partial charge in [-0.15, -0.1) is 6.58 Å². The van der Waals surface area contributed by atoms with Gasteiger partial charge < -0.3 is 19.3 Å². The first kappa shape index (κ1) is 18.8. The van der Waals surface area contributed by atoms with E-state index in [0.29, 0.717) is 32.3 Å². The van der Waals surface area contributed by atoms with E-state index in [0.717, 1.165) is 12.1 Å². The van der Waals surface area contributed by atoms with Crippen LogP contribution in [0.25, 0.3) is 0 Å². The maximum Gasteiger partial charge on any atom is 0.126 e. The number of aromatic nitrogens is 1. The fourth-order valence-corrected chi connectivity index (χ4v) is 3.35. The minimum atomic E-state index is -0.475. The lowest BCUT2D eigenvalue weighted by Crippen LogP contribution is -3.13. The zero-order chi connectivity index (χ0) is 18.4. The predicted molar refractivity (Wildman–Crippen MR) is 99.5 cm³/mol. The van der Waals surface area contributed by atoms with Gasteiger partial charge in [-0.05, 0) is 29.8 Å². The summed E-state index contributed by atoms with van der Waals surface area (Å²) < 4.78 is 21.0. The Morgan fingerprint density at radius 2 is 2.19 bits per heavy atom. The van der Waals surface area contributed by atoms with E-state index in [9.17, 15) is 9.50 Å². The highest BCUT2D eigenvalue weighted by molar-refractivity contribution is 5.18. The van der Waals surface area contributed by atoms with Crippen molar-refractivity contribution in [3.63, 3.8) is 0 Å². The van der Waals surface area contributed by atoms with Crippen LogP contribution in [-0.4, -0.2) is 41.6 Å². The van der Waals surface area contributed by atoms with Crippen LogP contribution in [-0.2, 0) is 17.8 Å². The quantitative estimate of drug-likeness (QED) is 0.474. The fourth-order valence-electron chi connectivity index (χ4n) is 3.35. The fraction of sp³-hybridized carbons (Fsp3) is 0.429. The lowest BCUT2D eigenvalue weighted by Gasteiger charge is -2.23. The van der Waals surface area contributed by atoms with Crippen LogP contribution in [0.1, 0.15) is 24.1 Å². The van der Waals surface area contributed by atoms with Crippen molar-refractivity contribution in [2.75, 3.05) is 19.8 Å². The van der Waals surface area contributed by atoms with Gasteiger partial charge >= 0.3 is 0 Å². The number of hydrogen-bond donors (Lipinski definition) is 2. The number of aliphatic hydroxyl groups excluding tert-OH is 1. The summed E-state index contributed by atoms with van der Waals surface area (Å²) in [7, 11) is 0. The molecule has 1 aromatic carbocycles. The van der Waals surface area contributed by atoms with Gasteiger partial charge in [-0.25, -0.2) is 4.39 Å². The number of nitrogens with one attached hydrogen (secondary N) is 1. The molecule has 4 nitrogen and oxygen atoms in total. The number of halogens is 1. The van der Waals surface area contributed by atoms with Gasteiger partial charge in [0.1, 0.15) is 25.0 Å². The molecule has 1 saturated carbocycles. The molecule has 2 atom stereocenters. The van der Waals surface area contributed by atoms with E-state index in [2.05, 4.69) is 17.2 Å². The van der Waals surface area contributed by atoms with E-state index in [4.69, 9.17) is 4.74 Å². The van der Waals surface area contributed by atoms with Crippen LogP contribution in [0, 0.1) is 5.82 Å². The summed E-state index contributed by atoms with van der Waals surface area (Å²) in [4.78, 5) is 1.39. The van der Waals surface area contributed by atoms with Crippen molar-refractivity contribution in [3.8, 4) is 0 Å². The van der Waals surface area contributed by atoms with Crippen molar-refractivity contribution in [1.82, 2.24) is 4.57 Å². The zero-order valence-electron chi connectivity index (χ0n) is 15.1. The lowest BCUT2D eigenvalue weighted by molar-refractivity contribution is -0.928. The first-order valence-electron chi connectivity index (χ1n) is 9.25. The molecule has 1 heterocycles. The van der Waals surface area contributed by atoms with E-state index in [1.165, 1.54) is 29.5 Å². The Hall–Kier alpha value is -1.95. The molecule has 2 aromatic rings. The summed E-state index contributed by atoms with van der Waals surface area (Å²) in [5, 5.41) is 10.3. The first-order chi connectivity index (χ1) is 12.7. The van der Waals surface area contributed by atoms with Gasteiger partial charge in [-0.2, -0.15) is 0 Å². The van der Waals surface area contributed by atoms with Crippen LogP contribution in [0.3, 0.4) is 0 Å². The van der Waals surface area contributed by atoms with Crippen molar-refractivity contribution in [2.45, 2.75) is 38.1 Å². The third kappa shape index (κ3) is 5.53. The standard InChI is InChI=1S/C21H27FN2O2/c1-2-11-26-16-21(25)15-24(19-8-9-19)14-20-7-4-10-23(20)13-17-5-3-6-18(22)12-17/h2-7,10,12,19,21,25H,1,8-9,11,13-16H2/p+1/t21-/m1/s1. The number of quaternary nitrogens is 1. The molecular weight excluding hydrogens is 331 g/mol. The van der Waals surface area contributed by atoms with E-state index < -0.39 is 6.10 Å². The van der Waals surface area contributed by atoms with Crippen LogP contribution in [0.5, 0.6) is 0 Å². The van der Waals surface area contributed by atoms with Crippen LogP contribution in [0.15, 0.2) is 55.3 Å². The van der Waals surface area contributed by atoms with Gasteiger partial charge in [0.2, 0.25) is 0 Å². The van der Waals surface area contributed by atoms with Gasteiger partial charge in [-0.1, -0.05) is 18.2 Å². The third-order valence-corrected chi connectivity index (χ3v) is 4.77.